The predicted octanol–water partition coefficient (Wildman–Crippen LogP) is 3.90. The molecule has 0 bridgehead atoms. The molecule has 1 aromatic carbocycles. The Balaban J connectivity index is 0.000000293. The first-order valence-electron chi connectivity index (χ1n) is 5.20. The molecular weight excluding hydrogens is 170 g/mol. The molecule has 0 radical (unpaired) electrons. The van der Waals surface area contributed by atoms with Gasteiger partial charge in [-0.1, -0.05) is 32.4 Å². The molecule has 1 heterocycles. The van der Waals surface area contributed by atoms with E-state index in [1.165, 1.54) is 22.9 Å². The van der Waals surface area contributed by atoms with Crippen molar-refractivity contribution < 1.29 is 0 Å². The van der Waals surface area contributed by atoms with E-state index in [1.54, 1.807) is 0 Å². The van der Waals surface area contributed by atoms with Crippen LogP contribution in [0.25, 0.3) is 10.9 Å². The molecule has 2 aromatic rings. The fourth-order valence-electron chi connectivity index (χ4n) is 1.37. The molecule has 1 nitrogen and oxygen atoms in total. The third kappa shape index (κ3) is 2.38. The van der Waals surface area contributed by atoms with Crippen LogP contribution in [0.5, 0.6) is 0 Å². The molecule has 14 heavy (non-hydrogen) atoms. The maximum atomic E-state index is 2.20. The summed E-state index contributed by atoms with van der Waals surface area (Å²) in [5.41, 5.74) is 2.63. The molecule has 2 rings (SSSR count). The second kappa shape index (κ2) is 4.85. The number of aromatic nitrogens is 1. The van der Waals surface area contributed by atoms with Crippen LogP contribution in [0, 0.1) is 6.92 Å². The van der Waals surface area contributed by atoms with Crippen LogP contribution >= 0.6 is 0 Å². The van der Waals surface area contributed by atoms with E-state index in [4.69, 9.17) is 0 Å². The number of rotatable bonds is 0. The Kier molecular flexibility index (Phi) is 3.75. The van der Waals surface area contributed by atoms with Crippen LogP contribution in [-0.4, -0.2) is 4.57 Å². The minimum atomic E-state index is 1.25. The average Bonchev–Trinajstić information content (AvgIpc) is 2.49. The van der Waals surface area contributed by atoms with Crippen molar-refractivity contribution in [3.05, 3.63) is 36.0 Å². The fourth-order valence-corrected chi connectivity index (χ4v) is 1.37. The monoisotopic (exact) mass is 189 g/mol. The second-order valence-corrected chi connectivity index (χ2v) is 3.70. The molecule has 0 aliphatic carbocycles. The molecule has 1 aromatic heterocycles. The summed E-state index contributed by atoms with van der Waals surface area (Å²) in [6.07, 6.45) is 3.34. The Morgan fingerprint density at radius 1 is 1.14 bits per heavy atom. The zero-order valence-corrected chi connectivity index (χ0v) is 9.54. The van der Waals surface area contributed by atoms with Gasteiger partial charge in [0.1, 0.15) is 0 Å². The van der Waals surface area contributed by atoms with Crippen molar-refractivity contribution in [3.63, 3.8) is 0 Å². The molecule has 0 aliphatic rings. The van der Waals surface area contributed by atoms with Crippen molar-refractivity contribution in [3.8, 4) is 0 Å². The summed E-state index contributed by atoms with van der Waals surface area (Å²) in [6, 6.07) is 8.64. The smallest absolute Gasteiger partial charge is 0.0480 e. The third-order valence-corrected chi connectivity index (χ3v) is 2.04. The van der Waals surface area contributed by atoms with Crippen molar-refractivity contribution >= 4 is 10.9 Å². The lowest BCUT2D eigenvalue weighted by Crippen LogP contribution is -1.83. The van der Waals surface area contributed by atoms with E-state index in [-0.39, 0.29) is 0 Å². The van der Waals surface area contributed by atoms with Crippen molar-refractivity contribution in [1.29, 1.82) is 0 Å². The second-order valence-electron chi connectivity index (χ2n) is 3.70. The third-order valence-electron chi connectivity index (χ3n) is 2.04. The standard InChI is InChI=1S/C10H11N.C3H8/c1-8-3-4-9-5-6-11(2)10(9)7-8;1-3-2/h3-7H,1-2H3;3H2,1-2H3. The number of aryl methyl sites for hydroxylation is 2. The first kappa shape index (κ1) is 10.8. The topological polar surface area (TPSA) is 4.93 Å². The molecule has 0 fully saturated rings. The summed E-state index contributed by atoms with van der Waals surface area (Å²) < 4.78 is 2.14. The van der Waals surface area contributed by atoms with Crippen LogP contribution in [-0.2, 0) is 7.05 Å². The van der Waals surface area contributed by atoms with E-state index in [9.17, 15) is 0 Å². The summed E-state index contributed by atoms with van der Waals surface area (Å²) >= 11 is 0. The van der Waals surface area contributed by atoms with Gasteiger partial charge in [0, 0.05) is 18.8 Å². The Bertz CT molecular complexity index is 399. The van der Waals surface area contributed by atoms with Gasteiger partial charge >= 0.3 is 0 Å². The molecule has 0 N–H and O–H groups in total. The highest BCUT2D eigenvalue weighted by atomic mass is 14.9. The molecule has 0 amide bonds. The number of benzene rings is 1. The molecular formula is C13H19N. The fraction of sp³-hybridized carbons (Fsp3) is 0.385. The van der Waals surface area contributed by atoms with Crippen molar-refractivity contribution in [2.24, 2.45) is 7.05 Å². The molecule has 0 atom stereocenters. The van der Waals surface area contributed by atoms with Crippen LogP contribution in [0.1, 0.15) is 25.8 Å². The Morgan fingerprint density at radius 2 is 1.79 bits per heavy atom. The lowest BCUT2D eigenvalue weighted by molar-refractivity contribution is 0.968. The summed E-state index contributed by atoms with van der Waals surface area (Å²) in [5, 5.41) is 1.32. The number of fused-ring (bicyclic) bond motifs is 1. The van der Waals surface area contributed by atoms with Crippen LogP contribution in [0.4, 0.5) is 0 Å². The maximum Gasteiger partial charge on any atom is 0.0480 e. The number of hydrogen-bond donors (Lipinski definition) is 0. The molecule has 0 aliphatic heterocycles. The molecule has 1 heteroatoms. The molecule has 0 saturated heterocycles. The molecule has 0 spiro atoms. The van der Waals surface area contributed by atoms with E-state index in [1.807, 2.05) is 0 Å². The van der Waals surface area contributed by atoms with Gasteiger partial charge in [0.05, 0.1) is 0 Å². The summed E-state index contributed by atoms with van der Waals surface area (Å²) in [7, 11) is 2.07. The number of hydrogen-bond acceptors (Lipinski definition) is 0. The van der Waals surface area contributed by atoms with Crippen LogP contribution in [0.15, 0.2) is 30.5 Å². The van der Waals surface area contributed by atoms with E-state index in [0.717, 1.165) is 0 Å². The van der Waals surface area contributed by atoms with Gasteiger partial charge in [-0.3, -0.25) is 0 Å². The van der Waals surface area contributed by atoms with Crippen molar-refractivity contribution in [1.82, 2.24) is 4.57 Å². The van der Waals surface area contributed by atoms with Crippen molar-refractivity contribution in [2.45, 2.75) is 27.2 Å². The zero-order valence-electron chi connectivity index (χ0n) is 9.54. The van der Waals surface area contributed by atoms with E-state index < -0.39 is 0 Å². The van der Waals surface area contributed by atoms with Crippen LogP contribution in [0.3, 0.4) is 0 Å². The lowest BCUT2D eigenvalue weighted by Gasteiger charge is -1.96. The zero-order chi connectivity index (χ0) is 10.6. The quantitative estimate of drug-likeness (QED) is 0.592. The van der Waals surface area contributed by atoms with E-state index in [0.29, 0.717) is 0 Å². The normalized spacial score (nSPS) is 9.71. The van der Waals surface area contributed by atoms with Gasteiger partial charge < -0.3 is 4.57 Å². The Labute approximate surface area is 86.4 Å². The minimum Gasteiger partial charge on any atom is -0.351 e. The highest BCUT2D eigenvalue weighted by Gasteiger charge is 1.95. The van der Waals surface area contributed by atoms with Crippen LogP contribution < -0.4 is 0 Å². The maximum absolute atomic E-state index is 2.20. The summed E-state index contributed by atoms with van der Waals surface area (Å²) in [5.74, 6) is 0. The highest BCUT2D eigenvalue weighted by Crippen LogP contribution is 2.15. The Morgan fingerprint density at radius 3 is 2.43 bits per heavy atom. The lowest BCUT2D eigenvalue weighted by atomic mass is 10.2. The molecule has 0 saturated carbocycles. The van der Waals surface area contributed by atoms with Gasteiger partial charge in [0.25, 0.3) is 0 Å². The number of nitrogens with zero attached hydrogens (tertiary/aromatic N) is 1. The van der Waals surface area contributed by atoms with E-state index in [2.05, 4.69) is 62.8 Å². The van der Waals surface area contributed by atoms with E-state index >= 15 is 0 Å². The highest BCUT2D eigenvalue weighted by molar-refractivity contribution is 5.80. The van der Waals surface area contributed by atoms with Crippen LogP contribution in [0.2, 0.25) is 0 Å². The van der Waals surface area contributed by atoms with Gasteiger partial charge in [0.15, 0.2) is 0 Å². The van der Waals surface area contributed by atoms with Gasteiger partial charge in [-0.2, -0.15) is 0 Å². The minimum absolute atomic E-state index is 1.25. The van der Waals surface area contributed by atoms with Gasteiger partial charge in [-0.25, -0.2) is 0 Å². The summed E-state index contributed by atoms with van der Waals surface area (Å²) in [6.45, 7) is 6.37. The average molecular weight is 189 g/mol. The predicted molar refractivity (Wildman–Crippen MR) is 63.6 cm³/mol. The van der Waals surface area contributed by atoms with Crippen molar-refractivity contribution in [2.75, 3.05) is 0 Å². The first-order chi connectivity index (χ1) is 6.69. The largest absolute Gasteiger partial charge is 0.351 e. The molecule has 76 valence electrons. The Hall–Kier alpha value is -1.24. The van der Waals surface area contributed by atoms with Gasteiger partial charge in [-0.05, 0) is 30.0 Å². The molecule has 0 unspecified atom stereocenters. The first-order valence-corrected chi connectivity index (χ1v) is 5.20. The van der Waals surface area contributed by atoms with Gasteiger partial charge in [0.2, 0.25) is 0 Å². The van der Waals surface area contributed by atoms with Gasteiger partial charge in [-0.15, -0.1) is 0 Å². The SMILES string of the molecule is CCC.Cc1ccc2ccn(C)c2c1. The summed E-state index contributed by atoms with van der Waals surface area (Å²) in [4.78, 5) is 0.